The molecular formula is C16H18N4. The lowest BCUT2D eigenvalue weighted by Gasteiger charge is -2.10. The van der Waals surface area contributed by atoms with Crippen molar-refractivity contribution >= 4 is 16.5 Å². The van der Waals surface area contributed by atoms with Gasteiger partial charge in [0.05, 0.1) is 6.54 Å². The number of imidazole rings is 1. The van der Waals surface area contributed by atoms with Gasteiger partial charge in [-0.25, -0.2) is 4.98 Å². The second-order valence-electron chi connectivity index (χ2n) is 4.79. The second kappa shape index (κ2) is 5.74. The lowest BCUT2D eigenvalue weighted by Crippen LogP contribution is -2.08. The lowest BCUT2D eigenvalue weighted by atomic mass is 10.1. The van der Waals surface area contributed by atoms with Gasteiger partial charge in [0, 0.05) is 42.4 Å². The monoisotopic (exact) mass is 266 g/mol. The van der Waals surface area contributed by atoms with Gasteiger partial charge in [-0.2, -0.15) is 0 Å². The largest absolute Gasteiger partial charge is 0.377 e. The first kappa shape index (κ1) is 12.7. The minimum absolute atomic E-state index is 0.723. The van der Waals surface area contributed by atoms with Crippen molar-refractivity contribution in [1.82, 2.24) is 14.5 Å². The number of benzene rings is 1. The average Bonchev–Trinajstić information content (AvgIpc) is 2.93. The average molecular weight is 266 g/mol. The number of fused-ring (bicyclic) bond motifs is 1. The van der Waals surface area contributed by atoms with Gasteiger partial charge in [0.2, 0.25) is 0 Å². The maximum absolute atomic E-state index is 4.41. The van der Waals surface area contributed by atoms with Crippen molar-refractivity contribution in [2.45, 2.75) is 26.4 Å². The van der Waals surface area contributed by atoms with Gasteiger partial charge in [-0.3, -0.25) is 4.98 Å². The molecule has 1 N–H and O–H groups in total. The van der Waals surface area contributed by atoms with E-state index in [0.717, 1.165) is 36.4 Å². The summed E-state index contributed by atoms with van der Waals surface area (Å²) in [6.45, 7) is 3.91. The van der Waals surface area contributed by atoms with E-state index in [2.05, 4.69) is 45.0 Å². The quantitative estimate of drug-likeness (QED) is 0.769. The summed E-state index contributed by atoms with van der Waals surface area (Å²) in [6, 6.07) is 8.26. The highest BCUT2D eigenvalue weighted by molar-refractivity contribution is 5.92. The van der Waals surface area contributed by atoms with Crippen molar-refractivity contribution < 1.29 is 0 Å². The predicted octanol–water partition coefficient (Wildman–Crippen LogP) is 3.45. The van der Waals surface area contributed by atoms with Crippen LogP contribution in [0.25, 0.3) is 10.8 Å². The van der Waals surface area contributed by atoms with Gasteiger partial charge in [0.25, 0.3) is 0 Å². The van der Waals surface area contributed by atoms with Crippen molar-refractivity contribution in [3.63, 3.8) is 0 Å². The standard InChI is InChI=1S/C16H18N4/c1-2-9-20-10-8-18-16(20)12-19-15-5-3-4-13-6-7-17-11-14(13)15/h3-8,10-11,19H,2,9,12H2,1H3. The maximum Gasteiger partial charge on any atom is 0.128 e. The molecule has 0 atom stereocenters. The highest BCUT2D eigenvalue weighted by atomic mass is 15.1. The van der Waals surface area contributed by atoms with Crippen LogP contribution in [0.4, 0.5) is 5.69 Å². The van der Waals surface area contributed by atoms with E-state index in [9.17, 15) is 0 Å². The van der Waals surface area contributed by atoms with Crippen LogP contribution in [0.2, 0.25) is 0 Å². The van der Waals surface area contributed by atoms with Crippen LogP contribution in [-0.2, 0) is 13.1 Å². The molecule has 4 heteroatoms. The third-order valence-electron chi connectivity index (χ3n) is 3.39. The van der Waals surface area contributed by atoms with Gasteiger partial charge >= 0.3 is 0 Å². The lowest BCUT2D eigenvalue weighted by molar-refractivity contribution is 0.644. The van der Waals surface area contributed by atoms with Crippen molar-refractivity contribution in [2.24, 2.45) is 0 Å². The molecule has 0 radical (unpaired) electrons. The number of rotatable bonds is 5. The molecule has 4 nitrogen and oxygen atoms in total. The number of aromatic nitrogens is 3. The molecular weight excluding hydrogens is 248 g/mol. The first-order valence-electron chi connectivity index (χ1n) is 6.95. The Balaban J connectivity index is 1.81. The number of hydrogen-bond acceptors (Lipinski definition) is 3. The molecule has 3 aromatic rings. The molecule has 0 unspecified atom stereocenters. The van der Waals surface area contributed by atoms with E-state index >= 15 is 0 Å². The van der Waals surface area contributed by atoms with Crippen LogP contribution < -0.4 is 5.32 Å². The van der Waals surface area contributed by atoms with Crippen molar-refractivity contribution in [2.75, 3.05) is 5.32 Å². The van der Waals surface area contributed by atoms with Crippen LogP contribution in [0.15, 0.2) is 49.1 Å². The van der Waals surface area contributed by atoms with Gasteiger partial charge in [0.15, 0.2) is 0 Å². The topological polar surface area (TPSA) is 42.7 Å². The zero-order valence-corrected chi connectivity index (χ0v) is 11.6. The van der Waals surface area contributed by atoms with E-state index in [1.54, 1.807) is 0 Å². The highest BCUT2D eigenvalue weighted by Crippen LogP contribution is 2.22. The number of nitrogens with zero attached hydrogens (tertiary/aromatic N) is 3. The van der Waals surface area contributed by atoms with Crippen LogP contribution in [0.5, 0.6) is 0 Å². The third-order valence-corrected chi connectivity index (χ3v) is 3.39. The highest BCUT2D eigenvalue weighted by Gasteiger charge is 2.04. The first-order chi connectivity index (χ1) is 9.88. The fourth-order valence-corrected chi connectivity index (χ4v) is 2.39. The summed E-state index contributed by atoms with van der Waals surface area (Å²) in [4.78, 5) is 8.62. The van der Waals surface area contributed by atoms with Crippen molar-refractivity contribution in [3.05, 3.63) is 54.9 Å². The normalized spacial score (nSPS) is 10.8. The number of anilines is 1. The Morgan fingerprint density at radius 2 is 2.15 bits per heavy atom. The van der Waals surface area contributed by atoms with Crippen LogP contribution >= 0.6 is 0 Å². The van der Waals surface area contributed by atoms with Crippen LogP contribution in [0.3, 0.4) is 0 Å². The zero-order valence-electron chi connectivity index (χ0n) is 11.6. The summed E-state index contributed by atoms with van der Waals surface area (Å²) in [5.41, 5.74) is 1.10. The fourth-order valence-electron chi connectivity index (χ4n) is 2.39. The molecule has 102 valence electrons. The number of aryl methyl sites for hydroxylation is 1. The van der Waals surface area contributed by atoms with E-state index in [4.69, 9.17) is 0 Å². The third kappa shape index (κ3) is 2.50. The Morgan fingerprint density at radius 3 is 3.05 bits per heavy atom. The summed E-state index contributed by atoms with van der Waals surface area (Å²) in [5, 5.41) is 5.80. The Labute approximate surface area is 118 Å². The zero-order chi connectivity index (χ0) is 13.8. The fraction of sp³-hybridized carbons (Fsp3) is 0.250. The molecule has 0 saturated carbocycles. The number of hydrogen-bond donors (Lipinski definition) is 1. The predicted molar refractivity (Wildman–Crippen MR) is 81.6 cm³/mol. The SMILES string of the molecule is CCCn1ccnc1CNc1cccc2ccncc12. The molecule has 2 heterocycles. The van der Waals surface area contributed by atoms with Crippen LogP contribution in [-0.4, -0.2) is 14.5 Å². The minimum atomic E-state index is 0.723. The minimum Gasteiger partial charge on any atom is -0.377 e. The Bertz CT molecular complexity index is 697. The molecule has 0 aliphatic rings. The molecule has 0 aliphatic heterocycles. The van der Waals surface area contributed by atoms with E-state index in [0.29, 0.717) is 0 Å². The van der Waals surface area contributed by atoms with Crippen LogP contribution in [0.1, 0.15) is 19.2 Å². The summed E-state index contributed by atoms with van der Waals surface area (Å²) in [6.07, 6.45) is 8.72. The molecule has 0 aliphatic carbocycles. The molecule has 20 heavy (non-hydrogen) atoms. The van der Waals surface area contributed by atoms with Gasteiger partial charge in [0.1, 0.15) is 5.82 Å². The van der Waals surface area contributed by atoms with Crippen molar-refractivity contribution in [1.29, 1.82) is 0 Å². The Morgan fingerprint density at radius 1 is 1.20 bits per heavy atom. The van der Waals surface area contributed by atoms with E-state index in [-0.39, 0.29) is 0 Å². The molecule has 0 fully saturated rings. The van der Waals surface area contributed by atoms with Gasteiger partial charge in [-0.15, -0.1) is 0 Å². The van der Waals surface area contributed by atoms with Gasteiger partial charge in [-0.1, -0.05) is 19.1 Å². The Kier molecular flexibility index (Phi) is 3.63. The molecule has 2 aromatic heterocycles. The van der Waals surface area contributed by atoms with E-state index in [1.165, 1.54) is 5.39 Å². The molecule has 0 bridgehead atoms. The summed E-state index contributed by atoms with van der Waals surface area (Å²) in [5.74, 6) is 1.06. The van der Waals surface area contributed by atoms with Gasteiger partial charge < -0.3 is 9.88 Å². The molecule has 1 aromatic carbocycles. The van der Waals surface area contributed by atoms with Gasteiger partial charge in [-0.05, 0) is 23.9 Å². The maximum atomic E-state index is 4.41. The number of nitrogens with one attached hydrogen (secondary N) is 1. The summed E-state index contributed by atoms with van der Waals surface area (Å²) >= 11 is 0. The smallest absolute Gasteiger partial charge is 0.128 e. The molecule has 0 amide bonds. The van der Waals surface area contributed by atoms with Crippen molar-refractivity contribution in [3.8, 4) is 0 Å². The van der Waals surface area contributed by atoms with Crippen LogP contribution in [0, 0.1) is 0 Å². The first-order valence-corrected chi connectivity index (χ1v) is 6.95. The number of pyridine rings is 1. The summed E-state index contributed by atoms with van der Waals surface area (Å²) in [7, 11) is 0. The molecule has 3 rings (SSSR count). The molecule has 0 saturated heterocycles. The molecule has 0 spiro atoms. The summed E-state index contributed by atoms with van der Waals surface area (Å²) < 4.78 is 2.19. The Hall–Kier alpha value is -2.36. The van der Waals surface area contributed by atoms with E-state index < -0.39 is 0 Å². The second-order valence-corrected chi connectivity index (χ2v) is 4.79. The van der Waals surface area contributed by atoms with E-state index in [1.807, 2.05) is 30.9 Å².